The number of carboxylic acid groups (broad SMARTS) is 1. The van der Waals surface area contributed by atoms with Gasteiger partial charge in [0.2, 0.25) is 5.91 Å². The van der Waals surface area contributed by atoms with E-state index < -0.39 is 17.3 Å². The number of carbonyl (C=O) groups excluding carboxylic acids is 1. The molecule has 1 aliphatic carbocycles. The monoisotopic (exact) mass is 256 g/mol. The van der Waals surface area contributed by atoms with Gasteiger partial charge >= 0.3 is 5.97 Å². The Morgan fingerprint density at radius 3 is 2.50 bits per heavy atom. The van der Waals surface area contributed by atoms with E-state index in [1.807, 2.05) is 13.8 Å². The van der Waals surface area contributed by atoms with Crippen molar-refractivity contribution in [2.45, 2.75) is 52.0 Å². The highest BCUT2D eigenvalue weighted by molar-refractivity contribution is 5.83. The Morgan fingerprint density at radius 2 is 1.94 bits per heavy atom. The third-order valence-electron chi connectivity index (χ3n) is 3.78. The van der Waals surface area contributed by atoms with Crippen molar-refractivity contribution in [3.8, 4) is 0 Å². The second-order valence-corrected chi connectivity index (χ2v) is 5.73. The average Bonchev–Trinajstić information content (AvgIpc) is 2.29. The maximum absolute atomic E-state index is 12.1. The van der Waals surface area contributed by atoms with Gasteiger partial charge in [-0.2, -0.15) is 0 Å². The van der Waals surface area contributed by atoms with Crippen molar-refractivity contribution in [1.29, 1.82) is 0 Å². The van der Waals surface area contributed by atoms with E-state index in [0.717, 1.165) is 19.3 Å². The van der Waals surface area contributed by atoms with Crippen LogP contribution < -0.4 is 11.1 Å². The average molecular weight is 256 g/mol. The van der Waals surface area contributed by atoms with Gasteiger partial charge in [0.05, 0.1) is 5.92 Å². The van der Waals surface area contributed by atoms with Gasteiger partial charge in [0.1, 0.15) is 0 Å². The zero-order valence-electron chi connectivity index (χ0n) is 11.2. The number of hydrogen-bond donors (Lipinski definition) is 3. The molecule has 2 unspecified atom stereocenters. The van der Waals surface area contributed by atoms with Crippen LogP contribution in [0.1, 0.15) is 46.0 Å². The zero-order valence-corrected chi connectivity index (χ0v) is 11.2. The normalized spacial score (nSPS) is 24.6. The van der Waals surface area contributed by atoms with E-state index in [2.05, 4.69) is 5.32 Å². The van der Waals surface area contributed by atoms with Gasteiger partial charge < -0.3 is 16.2 Å². The van der Waals surface area contributed by atoms with Crippen LogP contribution >= 0.6 is 0 Å². The first kappa shape index (κ1) is 15.0. The van der Waals surface area contributed by atoms with Gasteiger partial charge in [0.15, 0.2) is 0 Å². The third-order valence-corrected chi connectivity index (χ3v) is 3.78. The summed E-state index contributed by atoms with van der Waals surface area (Å²) in [6, 6.07) is -0.235. The smallest absolute Gasteiger partial charge is 0.308 e. The Morgan fingerprint density at radius 1 is 1.33 bits per heavy atom. The number of rotatable bonds is 5. The maximum atomic E-state index is 12.1. The van der Waals surface area contributed by atoms with Gasteiger partial charge in [-0.05, 0) is 25.8 Å². The summed E-state index contributed by atoms with van der Waals surface area (Å²) < 4.78 is 0. The molecule has 0 radical (unpaired) electrons. The summed E-state index contributed by atoms with van der Waals surface area (Å²) in [5.41, 5.74) is 4.95. The van der Waals surface area contributed by atoms with Crippen molar-refractivity contribution >= 4 is 11.9 Å². The number of nitrogens with one attached hydrogen (secondary N) is 1. The molecule has 4 N–H and O–H groups in total. The Balaban J connectivity index is 2.64. The van der Waals surface area contributed by atoms with Gasteiger partial charge in [0.25, 0.3) is 0 Å². The fourth-order valence-corrected chi connectivity index (χ4v) is 2.44. The van der Waals surface area contributed by atoms with Crippen LogP contribution in [0.15, 0.2) is 0 Å². The molecule has 1 saturated carbocycles. The SMILES string of the molecule is CC(C)(CCN)C(=O)NC1CCCCC1C(=O)O. The second kappa shape index (κ2) is 6.18. The topological polar surface area (TPSA) is 92.4 Å². The quantitative estimate of drug-likeness (QED) is 0.687. The minimum absolute atomic E-state index is 0.0916. The number of hydrogen-bond acceptors (Lipinski definition) is 3. The van der Waals surface area contributed by atoms with Crippen LogP contribution in [0.3, 0.4) is 0 Å². The Labute approximate surface area is 108 Å². The number of amides is 1. The Kier molecular flexibility index (Phi) is 5.14. The molecule has 0 bridgehead atoms. The first-order valence-corrected chi connectivity index (χ1v) is 6.62. The number of nitrogens with two attached hydrogens (primary N) is 1. The molecule has 1 fully saturated rings. The molecule has 5 nitrogen and oxygen atoms in total. The van der Waals surface area contributed by atoms with Crippen molar-refractivity contribution in [3.05, 3.63) is 0 Å². The Hall–Kier alpha value is -1.10. The fraction of sp³-hybridized carbons (Fsp3) is 0.846. The molecule has 0 saturated heterocycles. The predicted molar refractivity (Wildman–Crippen MR) is 69.0 cm³/mol. The first-order valence-electron chi connectivity index (χ1n) is 6.62. The fourth-order valence-electron chi connectivity index (χ4n) is 2.44. The molecule has 2 atom stereocenters. The van der Waals surface area contributed by atoms with Gasteiger partial charge in [-0.1, -0.05) is 26.7 Å². The van der Waals surface area contributed by atoms with E-state index in [1.54, 1.807) is 0 Å². The van der Waals surface area contributed by atoms with E-state index in [1.165, 1.54) is 0 Å². The summed E-state index contributed by atoms with van der Waals surface area (Å²) in [5, 5.41) is 12.1. The molecule has 5 heteroatoms. The van der Waals surface area contributed by atoms with Crippen molar-refractivity contribution in [2.24, 2.45) is 17.1 Å². The van der Waals surface area contributed by atoms with Crippen LogP contribution in [0.4, 0.5) is 0 Å². The highest BCUT2D eigenvalue weighted by Gasteiger charge is 2.35. The molecule has 0 spiro atoms. The molecule has 1 rings (SSSR count). The standard InChI is InChI=1S/C13H24N2O3/c1-13(2,7-8-14)12(18)15-10-6-4-3-5-9(10)11(16)17/h9-10H,3-8,14H2,1-2H3,(H,15,18)(H,16,17). The highest BCUT2D eigenvalue weighted by atomic mass is 16.4. The van der Waals surface area contributed by atoms with Crippen molar-refractivity contribution < 1.29 is 14.7 Å². The summed E-state index contributed by atoms with van der Waals surface area (Å²) in [7, 11) is 0. The first-order chi connectivity index (χ1) is 8.38. The third kappa shape index (κ3) is 3.70. The lowest BCUT2D eigenvalue weighted by Gasteiger charge is -2.32. The van der Waals surface area contributed by atoms with Crippen LogP contribution in [0.25, 0.3) is 0 Å². The van der Waals surface area contributed by atoms with E-state index in [9.17, 15) is 9.59 Å². The van der Waals surface area contributed by atoms with E-state index in [0.29, 0.717) is 19.4 Å². The lowest BCUT2D eigenvalue weighted by atomic mass is 9.82. The van der Waals surface area contributed by atoms with Gasteiger partial charge in [-0.25, -0.2) is 0 Å². The maximum Gasteiger partial charge on any atom is 0.308 e. The van der Waals surface area contributed by atoms with Crippen LogP contribution in [0.5, 0.6) is 0 Å². The predicted octanol–water partition coefficient (Wildman–Crippen LogP) is 1.12. The van der Waals surface area contributed by atoms with E-state index >= 15 is 0 Å². The number of carbonyl (C=O) groups is 2. The summed E-state index contributed by atoms with van der Waals surface area (Å²) in [4.78, 5) is 23.3. The molecule has 0 aromatic heterocycles. The zero-order chi connectivity index (χ0) is 13.8. The molecule has 18 heavy (non-hydrogen) atoms. The minimum atomic E-state index is -0.809. The minimum Gasteiger partial charge on any atom is -0.481 e. The van der Waals surface area contributed by atoms with E-state index in [-0.39, 0.29) is 11.9 Å². The molecule has 0 aromatic carbocycles. The molecule has 0 aromatic rings. The van der Waals surface area contributed by atoms with Gasteiger partial charge in [-0.15, -0.1) is 0 Å². The summed E-state index contributed by atoms with van der Waals surface area (Å²) in [5.74, 6) is -1.35. The molecule has 1 aliphatic rings. The molecular weight excluding hydrogens is 232 g/mol. The molecule has 104 valence electrons. The van der Waals surface area contributed by atoms with Crippen molar-refractivity contribution in [1.82, 2.24) is 5.32 Å². The van der Waals surface area contributed by atoms with Gasteiger partial charge in [-0.3, -0.25) is 9.59 Å². The highest BCUT2D eigenvalue weighted by Crippen LogP contribution is 2.27. The van der Waals surface area contributed by atoms with Gasteiger partial charge in [0, 0.05) is 11.5 Å². The summed E-state index contributed by atoms with van der Waals surface area (Å²) in [6.07, 6.45) is 3.91. The molecule has 0 aliphatic heterocycles. The van der Waals surface area contributed by atoms with Crippen molar-refractivity contribution in [3.63, 3.8) is 0 Å². The van der Waals surface area contributed by atoms with Crippen LogP contribution in [0, 0.1) is 11.3 Å². The van der Waals surface area contributed by atoms with E-state index in [4.69, 9.17) is 10.8 Å². The lowest BCUT2D eigenvalue weighted by molar-refractivity contribution is -0.144. The summed E-state index contributed by atoms with van der Waals surface area (Å²) >= 11 is 0. The number of carboxylic acids is 1. The van der Waals surface area contributed by atoms with Crippen LogP contribution in [-0.4, -0.2) is 29.6 Å². The number of aliphatic carboxylic acids is 1. The van der Waals surface area contributed by atoms with Crippen LogP contribution in [0.2, 0.25) is 0 Å². The van der Waals surface area contributed by atoms with Crippen molar-refractivity contribution in [2.75, 3.05) is 6.54 Å². The molecule has 1 amide bonds. The summed E-state index contributed by atoms with van der Waals surface area (Å²) in [6.45, 7) is 4.13. The largest absolute Gasteiger partial charge is 0.481 e. The Bertz CT molecular complexity index is 315. The molecule has 0 heterocycles. The van der Waals surface area contributed by atoms with Crippen LogP contribution in [-0.2, 0) is 9.59 Å². The lowest BCUT2D eigenvalue weighted by Crippen LogP contribution is -2.49. The second-order valence-electron chi connectivity index (χ2n) is 5.73. The molecular formula is C13H24N2O3.